The number of anilines is 2. The van der Waals surface area contributed by atoms with Crippen molar-refractivity contribution in [1.82, 2.24) is 20.4 Å². The number of hydrogen-bond acceptors (Lipinski definition) is 8. The van der Waals surface area contributed by atoms with Gasteiger partial charge in [-0.3, -0.25) is 10.2 Å². The van der Waals surface area contributed by atoms with E-state index in [1.807, 2.05) is 13.8 Å². The van der Waals surface area contributed by atoms with E-state index >= 15 is 0 Å². The first-order valence-corrected chi connectivity index (χ1v) is 6.54. The van der Waals surface area contributed by atoms with E-state index in [0.717, 1.165) is 0 Å². The maximum atomic E-state index is 11.0. The Morgan fingerprint density at radius 1 is 1.17 bits per heavy atom. The summed E-state index contributed by atoms with van der Waals surface area (Å²) in [5, 5.41) is 6.49. The zero-order valence-corrected chi connectivity index (χ0v) is 11.2. The molecule has 0 saturated carbocycles. The van der Waals surface area contributed by atoms with Crippen molar-refractivity contribution in [1.29, 1.82) is 0 Å². The highest BCUT2D eigenvalue weighted by molar-refractivity contribution is 7.99. The number of hydrogen-bond donors (Lipinski definition) is 4. The summed E-state index contributed by atoms with van der Waals surface area (Å²) in [5.41, 5.74) is 2.05. The molecule has 1 aromatic rings. The number of hydrazine groups is 1. The molecule has 0 spiro atoms. The summed E-state index contributed by atoms with van der Waals surface area (Å²) in [7, 11) is 0. The number of rotatable bonds is 7. The van der Waals surface area contributed by atoms with Crippen LogP contribution in [-0.4, -0.2) is 39.7 Å². The minimum absolute atomic E-state index is 0.164. The number of nitrogens with two attached hydrogens (primary N) is 1. The lowest BCUT2D eigenvalue weighted by Crippen LogP contribution is -2.31. The predicted molar refractivity (Wildman–Crippen MR) is 71.2 cm³/mol. The Hall–Kier alpha value is -1.61. The Morgan fingerprint density at radius 3 is 2.17 bits per heavy atom. The minimum Gasteiger partial charge on any atom is -0.354 e. The molecule has 0 fully saturated rings. The maximum absolute atomic E-state index is 11.0. The van der Waals surface area contributed by atoms with E-state index in [1.165, 1.54) is 11.8 Å². The lowest BCUT2D eigenvalue weighted by atomic mass is 10.7. The third kappa shape index (κ3) is 4.72. The fraction of sp³-hybridized carbons (Fsp3) is 0.556. The molecule has 0 radical (unpaired) electrons. The summed E-state index contributed by atoms with van der Waals surface area (Å²) in [6, 6.07) is 0. The molecular formula is C9H17N7OS. The van der Waals surface area contributed by atoms with Gasteiger partial charge in [-0.2, -0.15) is 15.0 Å². The van der Waals surface area contributed by atoms with Gasteiger partial charge in [-0.15, -0.1) is 0 Å². The third-order valence-corrected chi connectivity index (χ3v) is 2.63. The van der Waals surface area contributed by atoms with Crippen LogP contribution in [0.4, 0.5) is 11.9 Å². The van der Waals surface area contributed by atoms with Crippen molar-refractivity contribution in [3.8, 4) is 0 Å². The maximum Gasteiger partial charge on any atom is 0.244 e. The molecule has 9 heteroatoms. The van der Waals surface area contributed by atoms with Gasteiger partial charge in [0.1, 0.15) is 0 Å². The number of carbonyl (C=O) groups is 1. The molecule has 1 rings (SSSR count). The van der Waals surface area contributed by atoms with E-state index in [4.69, 9.17) is 5.84 Å². The molecule has 0 atom stereocenters. The van der Waals surface area contributed by atoms with Crippen LogP contribution in [0.3, 0.4) is 0 Å². The van der Waals surface area contributed by atoms with Gasteiger partial charge in [0.15, 0.2) is 5.16 Å². The Morgan fingerprint density at radius 2 is 1.72 bits per heavy atom. The van der Waals surface area contributed by atoms with Gasteiger partial charge < -0.3 is 10.6 Å². The number of aromatic nitrogens is 3. The largest absolute Gasteiger partial charge is 0.354 e. The first-order valence-electron chi connectivity index (χ1n) is 5.55. The van der Waals surface area contributed by atoms with Gasteiger partial charge in [0.25, 0.3) is 0 Å². The number of thioether (sulfide) groups is 1. The quantitative estimate of drug-likeness (QED) is 0.233. The molecule has 100 valence electrons. The molecule has 1 heterocycles. The van der Waals surface area contributed by atoms with Gasteiger partial charge in [-0.1, -0.05) is 11.8 Å². The van der Waals surface area contributed by atoms with Gasteiger partial charge in [0.05, 0.1) is 5.75 Å². The molecule has 0 aliphatic carbocycles. The average molecular weight is 271 g/mol. The average Bonchev–Trinajstić information content (AvgIpc) is 2.36. The third-order valence-electron chi connectivity index (χ3n) is 1.78. The lowest BCUT2D eigenvalue weighted by molar-refractivity contribution is -0.118. The summed E-state index contributed by atoms with van der Waals surface area (Å²) in [4.78, 5) is 23.6. The highest BCUT2D eigenvalue weighted by atomic mass is 32.2. The standard InChI is InChI=1S/C9H17N7OS/c1-3-11-7-13-8(12-4-2)15-9(14-7)18-5-6(17)16-10/h3-5,10H2,1-2H3,(H,16,17)(H2,11,12,13,14,15). The number of nitrogens with one attached hydrogen (secondary N) is 3. The van der Waals surface area contributed by atoms with Crippen molar-refractivity contribution in [3.63, 3.8) is 0 Å². The minimum atomic E-state index is -0.282. The summed E-state index contributed by atoms with van der Waals surface area (Å²) in [6.07, 6.45) is 0. The van der Waals surface area contributed by atoms with E-state index in [-0.39, 0.29) is 11.7 Å². The molecule has 0 aliphatic heterocycles. The van der Waals surface area contributed by atoms with Crippen molar-refractivity contribution >= 4 is 29.6 Å². The second-order valence-corrected chi connectivity index (χ2v) is 4.12. The van der Waals surface area contributed by atoms with Crippen molar-refractivity contribution in [2.45, 2.75) is 19.0 Å². The zero-order chi connectivity index (χ0) is 13.4. The molecule has 0 saturated heterocycles. The number of nitrogens with zero attached hydrogens (tertiary/aromatic N) is 3. The molecule has 0 aliphatic rings. The van der Waals surface area contributed by atoms with Gasteiger partial charge in [0.2, 0.25) is 17.8 Å². The first-order chi connectivity index (χ1) is 8.69. The van der Waals surface area contributed by atoms with Gasteiger partial charge in [-0.25, -0.2) is 5.84 Å². The topological polar surface area (TPSA) is 118 Å². The molecule has 1 aromatic heterocycles. The Kier molecular flexibility index (Phi) is 6.15. The summed E-state index contributed by atoms with van der Waals surface area (Å²) >= 11 is 1.20. The van der Waals surface area contributed by atoms with Crippen LogP contribution in [0.25, 0.3) is 0 Å². The fourth-order valence-corrected chi connectivity index (χ4v) is 1.71. The lowest BCUT2D eigenvalue weighted by Gasteiger charge is -2.07. The Balaban J connectivity index is 2.78. The molecule has 8 nitrogen and oxygen atoms in total. The van der Waals surface area contributed by atoms with Crippen molar-refractivity contribution < 1.29 is 4.79 Å². The fourth-order valence-electron chi connectivity index (χ4n) is 1.07. The van der Waals surface area contributed by atoms with Crippen LogP contribution in [0.1, 0.15) is 13.8 Å². The smallest absolute Gasteiger partial charge is 0.244 e. The van der Waals surface area contributed by atoms with Gasteiger partial charge >= 0.3 is 0 Å². The highest BCUT2D eigenvalue weighted by Crippen LogP contribution is 2.16. The molecule has 5 N–H and O–H groups in total. The van der Waals surface area contributed by atoms with Crippen LogP contribution < -0.4 is 21.9 Å². The molecular weight excluding hydrogens is 254 g/mol. The summed E-state index contributed by atoms with van der Waals surface area (Å²) in [6.45, 7) is 5.32. The van der Waals surface area contributed by atoms with Gasteiger partial charge in [-0.05, 0) is 13.8 Å². The first kappa shape index (κ1) is 14.5. The molecule has 0 aromatic carbocycles. The summed E-state index contributed by atoms with van der Waals surface area (Å²) < 4.78 is 0. The monoisotopic (exact) mass is 271 g/mol. The Labute approximate surface area is 110 Å². The van der Waals surface area contributed by atoms with E-state index < -0.39 is 0 Å². The van der Waals surface area contributed by atoms with E-state index in [2.05, 4.69) is 31.0 Å². The van der Waals surface area contributed by atoms with Crippen LogP contribution in [0.5, 0.6) is 0 Å². The second kappa shape index (κ2) is 7.67. The SMILES string of the molecule is CCNc1nc(NCC)nc(SCC(=O)NN)n1. The van der Waals surface area contributed by atoms with Crippen LogP contribution in [0.2, 0.25) is 0 Å². The van der Waals surface area contributed by atoms with E-state index in [9.17, 15) is 4.79 Å². The molecule has 1 amide bonds. The van der Waals surface area contributed by atoms with E-state index in [1.54, 1.807) is 0 Å². The zero-order valence-electron chi connectivity index (χ0n) is 10.4. The van der Waals surface area contributed by atoms with E-state index in [0.29, 0.717) is 30.1 Å². The molecule has 18 heavy (non-hydrogen) atoms. The predicted octanol–water partition coefficient (Wildman–Crippen LogP) is -0.183. The van der Waals surface area contributed by atoms with Crippen molar-refractivity contribution in [2.75, 3.05) is 29.5 Å². The number of carbonyl (C=O) groups excluding carboxylic acids is 1. The van der Waals surface area contributed by atoms with Crippen LogP contribution in [-0.2, 0) is 4.79 Å². The molecule has 0 bridgehead atoms. The van der Waals surface area contributed by atoms with Crippen LogP contribution in [0, 0.1) is 0 Å². The molecule has 0 unspecified atom stereocenters. The Bertz CT molecular complexity index is 376. The van der Waals surface area contributed by atoms with Crippen molar-refractivity contribution in [3.05, 3.63) is 0 Å². The second-order valence-electron chi connectivity index (χ2n) is 3.18. The summed E-state index contributed by atoms with van der Waals surface area (Å²) in [5.74, 6) is 5.85. The van der Waals surface area contributed by atoms with Gasteiger partial charge in [0, 0.05) is 13.1 Å². The number of amides is 1. The van der Waals surface area contributed by atoms with Crippen LogP contribution in [0.15, 0.2) is 5.16 Å². The normalized spacial score (nSPS) is 9.94. The highest BCUT2D eigenvalue weighted by Gasteiger charge is 2.08. The van der Waals surface area contributed by atoms with Crippen LogP contribution >= 0.6 is 11.8 Å². The van der Waals surface area contributed by atoms with Crippen molar-refractivity contribution in [2.24, 2.45) is 5.84 Å².